The van der Waals surface area contributed by atoms with Crippen LogP contribution >= 0.6 is 0 Å². The zero-order valence-corrected chi connectivity index (χ0v) is 11.7. The molecule has 6 nitrogen and oxygen atoms in total. The number of carbonyl (C=O) groups is 2. The Morgan fingerprint density at radius 2 is 2.24 bits per heavy atom. The van der Waals surface area contributed by atoms with Gasteiger partial charge in [-0.2, -0.15) is 0 Å². The SMILES string of the molecule is O=C(O)Cc1ccc(NC(=O)C2NCC3CCCC32)cn1. The van der Waals surface area contributed by atoms with Gasteiger partial charge in [0.25, 0.3) is 0 Å². The van der Waals surface area contributed by atoms with Crippen molar-refractivity contribution < 1.29 is 14.7 Å². The molecule has 6 heteroatoms. The van der Waals surface area contributed by atoms with Crippen molar-refractivity contribution in [3.05, 3.63) is 24.0 Å². The van der Waals surface area contributed by atoms with Crippen LogP contribution in [0.5, 0.6) is 0 Å². The summed E-state index contributed by atoms with van der Waals surface area (Å²) in [5.74, 6) is 0.153. The van der Waals surface area contributed by atoms with Crippen molar-refractivity contribution in [2.45, 2.75) is 31.7 Å². The summed E-state index contributed by atoms with van der Waals surface area (Å²) in [5.41, 5.74) is 1.09. The Hall–Kier alpha value is -1.95. The Kier molecular flexibility index (Phi) is 3.88. The van der Waals surface area contributed by atoms with E-state index in [-0.39, 0.29) is 18.4 Å². The summed E-state index contributed by atoms with van der Waals surface area (Å²) in [6, 6.07) is 3.21. The van der Waals surface area contributed by atoms with Gasteiger partial charge in [0.15, 0.2) is 0 Å². The Morgan fingerprint density at radius 3 is 2.95 bits per heavy atom. The van der Waals surface area contributed by atoms with Crippen LogP contribution in [0, 0.1) is 11.8 Å². The molecule has 1 aliphatic carbocycles. The number of fused-ring (bicyclic) bond motifs is 1. The highest BCUT2D eigenvalue weighted by molar-refractivity contribution is 5.95. The minimum Gasteiger partial charge on any atom is -0.481 e. The summed E-state index contributed by atoms with van der Waals surface area (Å²) < 4.78 is 0. The zero-order valence-electron chi connectivity index (χ0n) is 11.7. The molecule has 2 heterocycles. The molecule has 1 aliphatic heterocycles. The smallest absolute Gasteiger partial charge is 0.309 e. The molecule has 112 valence electrons. The number of carbonyl (C=O) groups excluding carboxylic acids is 1. The summed E-state index contributed by atoms with van der Waals surface area (Å²) in [6.45, 7) is 0.929. The molecule has 2 aliphatic rings. The third-order valence-corrected chi connectivity index (χ3v) is 4.45. The van der Waals surface area contributed by atoms with Crippen LogP contribution < -0.4 is 10.6 Å². The Balaban J connectivity index is 1.61. The summed E-state index contributed by atoms with van der Waals surface area (Å²) in [4.78, 5) is 27.0. The molecular weight excluding hydrogens is 270 g/mol. The van der Waals surface area contributed by atoms with Crippen LogP contribution in [0.4, 0.5) is 5.69 Å². The number of carboxylic acid groups (broad SMARTS) is 1. The average Bonchev–Trinajstić information content (AvgIpc) is 3.02. The van der Waals surface area contributed by atoms with Gasteiger partial charge in [-0.25, -0.2) is 0 Å². The van der Waals surface area contributed by atoms with E-state index in [2.05, 4.69) is 15.6 Å². The maximum atomic E-state index is 12.3. The molecule has 3 rings (SSSR count). The number of nitrogens with one attached hydrogen (secondary N) is 2. The summed E-state index contributed by atoms with van der Waals surface area (Å²) >= 11 is 0. The average molecular weight is 289 g/mol. The predicted octanol–water partition coefficient (Wildman–Crippen LogP) is 1.04. The quantitative estimate of drug-likeness (QED) is 0.770. The second kappa shape index (κ2) is 5.81. The number of pyridine rings is 1. The number of rotatable bonds is 4. The predicted molar refractivity (Wildman–Crippen MR) is 76.8 cm³/mol. The standard InChI is InChI=1S/C15H19N3O3/c19-13(20)6-10-4-5-11(8-16-10)18-15(21)14-12-3-1-2-9(12)7-17-14/h4-5,8-9,12,14,17H,1-3,6-7H2,(H,18,21)(H,19,20). The highest BCUT2D eigenvalue weighted by atomic mass is 16.4. The van der Waals surface area contributed by atoms with Crippen LogP contribution in [0.15, 0.2) is 18.3 Å². The summed E-state index contributed by atoms with van der Waals surface area (Å²) in [6.07, 6.45) is 4.95. The van der Waals surface area contributed by atoms with Crippen molar-refractivity contribution in [1.29, 1.82) is 0 Å². The highest BCUT2D eigenvalue weighted by Gasteiger charge is 2.42. The number of carboxylic acids is 1. The van der Waals surface area contributed by atoms with Crippen LogP contribution in [-0.4, -0.2) is 34.6 Å². The van der Waals surface area contributed by atoms with Crippen LogP contribution in [0.25, 0.3) is 0 Å². The topological polar surface area (TPSA) is 91.3 Å². The maximum Gasteiger partial charge on any atom is 0.309 e. The van der Waals surface area contributed by atoms with E-state index in [1.54, 1.807) is 12.1 Å². The third kappa shape index (κ3) is 3.05. The number of anilines is 1. The van der Waals surface area contributed by atoms with Crippen molar-refractivity contribution >= 4 is 17.6 Å². The maximum absolute atomic E-state index is 12.3. The molecule has 0 radical (unpaired) electrons. The first-order valence-electron chi connectivity index (χ1n) is 7.34. The molecular formula is C15H19N3O3. The minimum atomic E-state index is -0.915. The van der Waals surface area contributed by atoms with Gasteiger partial charge in [-0.3, -0.25) is 14.6 Å². The molecule has 0 aromatic carbocycles. The van der Waals surface area contributed by atoms with Crippen molar-refractivity contribution in [2.24, 2.45) is 11.8 Å². The fourth-order valence-corrected chi connectivity index (χ4v) is 3.45. The molecule has 1 aromatic rings. The Morgan fingerprint density at radius 1 is 1.38 bits per heavy atom. The van der Waals surface area contributed by atoms with Gasteiger partial charge in [0.1, 0.15) is 0 Å². The number of amides is 1. The molecule has 0 spiro atoms. The third-order valence-electron chi connectivity index (χ3n) is 4.45. The molecule has 1 saturated carbocycles. The molecule has 1 saturated heterocycles. The van der Waals surface area contributed by atoms with Crippen LogP contribution in [0.3, 0.4) is 0 Å². The molecule has 1 aromatic heterocycles. The van der Waals surface area contributed by atoms with Gasteiger partial charge >= 0.3 is 5.97 Å². The Bertz CT molecular complexity index is 544. The van der Waals surface area contributed by atoms with E-state index < -0.39 is 5.97 Å². The van der Waals surface area contributed by atoms with E-state index >= 15 is 0 Å². The van der Waals surface area contributed by atoms with Crippen molar-refractivity contribution in [2.75, 3.05) is 11.9 Å². The highest BCUT2D eigenvalue weighted by Crippen LogP contribution is 2.37. The monoisotopic (exact) mass is 289 g/mol. The van der Waals surface area contributed by atoms with E-state index in [1.807, 2.05) is 0 Å². The second-order valence-electron chi connectivity index (χ2n) is 5.84. The molecule has 0 bridgehead atoms. The number of aromatic nitrogens is 1. The number of nitrogens with zero attached hydrogens (tertiary/aromatic N) is 1. The second-order valence-corrected chi connectivity index (χ2v) is 5.84. The molecule has 2 fully saturated rings. The molecule has 1 amide bonds. The van der Waals surface area contributed by atoms with Crippen LogP contribution in [-0.2, 0) is 16.0 Å². The zero-order chi connectivity index (χ0) is 14.8. The molecule has 3 atom stereocenters. The molecule has 21 heavy (non-hydrogen) atoms. The van der Waals surface area contributed by atoms with Gasteiger partial charge in [-0.15, -0.1) is 0 Å². The van der Waals surface area contributed by atoms with E-state index in [0.29, 0.717) is 23.2 Å². The van der Waals surface area contributed by atoms with Gasteiger partial charge in [0.05, 0.1) is 30.0 Å². The molecule has 3 unspecified atom stereocenters. The largest absolute Gasteiger partial charge is 0.481 e. The van der Waals surface area contributed by atoms with Gasteiger partial charge in [-0.05, 0) is 43.4 Å². The van der Waals surface area contributed by atoms with E-state index in [4.69, 9.17) is 5.11 Å². The fourth-order valence-electron chi connectivity index (χ4n) is 3.45. The van der Waals surface area contributed by atoms with E-state index in [9.17, 15) is 9.59 Å². The summed E-state index contributed by atoms with van der Waals surface area (Å²) in [5, 5.41) is 14.9. The van der Waals surface area contributed by atoms with Gasteiger partial charge < -0.3 is 15.7 Å². The van der Waals surface area contributed by atoms with Gasteiger partial charge in [0, 0.05) is 0 Å². The lowest BCUT2D eigenvalue weighted by Crippen LogP contribution is -2.39. The fraction of sp³-hybridized carbons (Fsp3) is 0.533. The normalized spacial score (nSPS) is 27.3. The number of hydrogen-bond donors (Lipinski definition) is 3. The Labute approximate surface area is 123 Å². The lowest BCUT2D eigenvalue weighted by Gasteiger charge is -2.17. The number of aliphatic carboxylic acids is 1. The first-order valence-corrected chi connectivity index (χ1v) is 7.34. The van der Waals surface area contributed by atoms with E-state index in [0.717, 1.165) is 13.0 Å². The lowest BCUT2D eigenvalue weighted by molar-refractivity contribution is -0.136. The minimum absolute atomic E-state index is 0.0165. The number of hydrogen-bond acceptors (Lipinski definition) is 4. The van der Waals surface area contributed by atoms with Crippen molar-refractivity contribution in [3.8, 4) is 0 Å². The van der Waals surface area contributed by atoms with Crippen LogP contribution in [0.2, 0.25) is 0 Å². The first-order chi connectivity index (χ1) is 10.1. The molecule has 3 N–H and O–H groups in total. The van der Waals surface area contributed by atoms with Crippen molar-refractivity contribution in [3.63, 3.8) is 0 Å². The first kappa shape index (κ1) is 14.0. The van der Waals surface area contributed by atoms with Gasteiger partial charge in [0.2, 0.25) is 5.91 Å². The van der Waals surface area contributed by atoms with Gasteiger partial charge in [-0.1, -0.05) is 6.42 Å². The van der Waals surface area contributed by atoms with Crippen LogP contribution in [0.1, 0.15) is 25.0 Å². The van der Waals surface area contributed by atoms with E-state index in [1.165, 1.54) is 19.0 Å². The lowest BCUT2D eigenvalue weighted by atomic mass is 9.93. The summed E-state index contributed by atoms with van der Waals surface area (Å²) in [7, 11) is 0. The van der Waals surface area contributed by atoms with Crippen molar-refractivity contribution in [1.82, 2.24) is 10.3 Å².